The van der Waals surface area contributed by atoms with Gasteiger partial charge in [0.05, 0.1) is 12.7 Å². The number of alkyl halides is 1. The molecule has 2 fully saturated rings. The number of amides is 1. The van der Waals surface area contributed by atoms with Crippen molar-refractivity contribution in [1.29, 1.82) is 5.26 Å². The third-order valence-electron chi connectivity index (χ3n) is 4.21. The third-order valence-corrected chi connectivity index (χ3v) is 4.21. The second-order valence-corrected chi connectivity index (χ2v) is 5.73. The summed E-state index contributed by atoms with van der Waals surface area (Å²) >= 11 is 0. The lowest BCUT2D eigenvalue weighted by Gasteiger charge is -2.20. The maximum Gasteiger partial charge on any atom is 0.243 e. The molecule has 0 unspecified atom stereocenters. The molecule has 4 heteroatoms. The monoisotopic (exact) mass is 238 g/mol. The van der Waals surface area contributed by atoms with Crippen LogP contribution in [0.15, 0.2) is 0 Å². The van der Waals surface area contributed by atoms with Gasteiger partial charge in [-0.1, -0.05) is 13.8 Å². The minimum Gasteiger partial charge on any atom is -0.341 e. The van der Waals surface area contributed by atoms with E-state index in [0.29, 0.717) is 31.8 Å². The highest BCUT2D eigenvalue weighted by molar-refractivity contribution is 5.88. The zero-order chi connectivity index (χ0) is 12.6. The molecule has 2 aliphatic rings. The molecule has 1 aliphatic heterocycles. The van der Waals surface area contributed by atoms with Crippen molar-refractivity contribution in [3.05, 3.63) is 0 Å². The zero-order valence-electron chi connectivity index (χ0n) is 10.4. The lowest BCUT2D eigenvalue weighted by Crippen LogP contribution is -2.35. The van der Waals surface area contributed by atoms with E-state index in [-0.39, 0.29) is 24.4 Å². The average Bonchev–Trinajstić information content (AvgIpc) is 2.99. The first-order chi connectivity index (χ1) is 8.04. The smallest absolute Gasteiger partial charge is 0.243 e. The molecule has 2 rings (SSSR count). The average molecular weight is 238 g/mol. The topological polar surface area (TPSA) is 44.1 Å². The summed E-state index contributed by atoms with van der Waals surface area (Å²) in [5.41, 5.74) is -0.757. The lowest BCUT2D eigenvalue weighted by atomic mass is 9.87. The van der Waals surface area contributed by atoms with Crippen molar-refractivity contribution >= 4 is 5.91 Å². The number of hydrogen-bond acceptors (Lipinski definition) is 2. The Morgan fingerprint density at radius 2 is 2.18 bits per heavy atom. The summed E-state index contributed by atoms with van der Waals surface area (Å²) < 4.78 is 12.9. The summed E-state index contributed by atoms with van der Waals surface area (Å²) in [4.78, 5) is 13.9. The summed E-state index contributed by atoms with van der Waals surface area (Å²) in [7, 11) is 0. The molecule has 0 aromatic carbocycles. The molecule has 94 valence electrons. The minimum atomic E-state index is -0.757. The zero-order valence-corrected chi connectivity index (χ0v) is 10.4. The molecule has 0 N–H and O–H groups in total. The van der Waals surface area contributed by atoms with Crippen LogP contribution >= 0.6 is 0 Å². The lowest BCUT2D eigenvalue weighted by molar-refractivity contribution is -0.134. The maximum atomic E-state index is 12.9. The van der Waals surface area contributed by atoms with Gasteiger partial charge in [0, 0.05) is 19.0 Å². The van der Waals surface area contributed by atoms with E-state index in [4.69, 9.17) is 5.26 Å². The Kier molecular flexibility index (Phi) is 3.11. The van der Waals surface area contributed by atoms with E-state index in [0.717, 1.165) is 0 Å². The Bertz CT molecular complexity index is 357. The van der Waals surface area contributed by atoms with Crippen LogP contribution < -0.4 is 0 Å². The fraction of sp³-hybridized carbons (Fsp3) is 0.846. The van der Waals surface area contributed by atoms with Crippen LogP contribution in [0, 0.1) is 34.5 Å². The number of likely N-dealkylation sites (tertiary alicyclic amines) is 1. The normalized spacial score (nSPS) is 30.4. The van der Waals surface area contributed by atoms with Gasteiger partial charge in [-0.3, -0.25) is 9.18 Å². The van der Waals surface area contributed by atoms with Crippen LogP contribution in [-0.4, -0.2) is 30.6 Å². The van der Waals surface area contributed by atoms with Gasteiger partial charge in [0.15, 0.2) is 0 Å². The Labute approximate surface area is 102 Å². The summed E-state index contributed by atoms with van der Waals surface area (Å²) in [6, 6.07) is 2.12. The molecule has 1 amide bonds. The molecule has 1 aliphatic carbocycles. The molecular weight excluding hydrogens is 219 g/mol. The molecule has 1 heterocycles. The van der Waals surface area contributed by atoms with Gasteiger partial charge in [-0.05, 0) is 24.7 Å². The molecule has 0 aromatic rings. The van der Waals surface area contributed by atoms with Gasteiger partial charge >= 0.3 is 0 Å². The second-order valence-electron chi connectivity index (χ2n) is 5.73. The third kappa shape index (κ3) is 2.03. The van der Waals surface area contributed by atoms with Crippen LogP contribution in [0.4, 0.5) is 4.39 Å². The summed E-state index contributed by atoms with van der Waals surface area (Å²) in [6.45, 7) is 4.87. The van der Waals surface area contributed by atoms with Crippen LogP contribution in [0.5, 0.6) is 0 Å². The van der Waals surface area contributed by atoms with E-state index in [2.05, 4.69) is 19.9 Å². The van der Waals surface area contributed by atoms with Gasteiger partial charge in [-0.25, -0.2) is 0 Å². The van der Waals surface area contributed by atoms with Gasteiger partial charge in [-0.15, -0.1) is 0 Å². The second kappa shape index (κ2) is 4.29. The van der Waals surface area contributed by atoms with Crippen molar-refractivity contribution < 1.29 is 9.18 Å². The standard InChI is InChI=1S/C13H19FN2O/c1-9(2)11-7-16(6-10(11)5-14)12(17)13(8-15)3-4-13/h9-11H,3-7H2,1-2H3/t10-,11-/m0/s1. The highest BCUT2D eigenvalue weighted by Crippen LogP contribution is 2.47. The van der Waals surface area contributed by atoms with Gasteiger partial charge in [0.1, 0.15) is 5.41 Å². The minimum absolute atomic E-state index is 0.0477. The molecule has 0 radical (unpaired) electrons. The number of carbonyl (C=O) groups is 1. The Balaban J connectivity index is 2.06. The van der Waals surface area contributed by atoms with Gasteiger partial charge in [-0.2, -0.15) is 5.26 Å². The molecule has 0 bridgehead atoms. The fourth-order valence-corrected chi connectivity index (χ4v) is 2.78. The summed E-state index contributed by atoms with van der Waals surface area (Å²) in [6.07, 6.45) is 1.34. The fourth-order valence-electron chi connectivity index (χ4n) is 2.78. The molecular formula is C13H19FN2O. The van der Waals surface area contributed by atoms with Crippen molar-refractivity contribution in [2.24, 2.45) is 23.2 Å². The molecule has 2 atom stereocenters. The highest BCUT2D eigenvalue weighted by atomic mass is 19.1. The van der Waals surface area contributed by atoms with Gasteiger partial charge < -0.3 is 4.90 Å². The van der Waals surface area contributed by atoms with Crippen molar-refractivity contribution in [2.45, 2.75) is 26.7 Å². The van der Waals surface area contributed by atoms with E-state index in [1.165, 1.54) is 0 Å². The van der Waals surface area contributed by atoms with E-state index in [9.17, 15) is 9.18 Å². The number of rotatable bonds is 3. The van der Waals surface area contributed by atoms with Crippen molar-refractivity contribution in [1.82, 2.24) is 4.90 Å². The largest absolute Gasteiger partial charge is 0.341 e. The Morgan fingerprint density at radius 3 is 2.53 bits per heavy atom. The number of nitriles is 1. The number of nitrogens with zero attached hydrogens (tertiary/aromatic N) is 2. The van der Waals surface area contributed by atoms with Crippen LogP contribution in [-0.2, 0) is 4.79 Å². The maximum absolute atomic E-state index is 12.9. The van der Waals surface area contributed by atoms with Gasteiger partial charge in [0.25, 0.3) is 0 Å². The van der Waals surface area contributed by atoms with E-state index >= 15 is 0 Å². The van der Waals surface area contributed by atoms with Crippen LogP contribution in [0.1, 0.15) is 26.7 Å². The highest BCUT2D eigenvalue weighted by Gasteiger charge is 2.54. The molecule has 1 saturated carbocycles. The first-order valence-corrected chi connectivity index (χ1v) is 6.30. The molecule has 3 nitrogen and oxygen atoms in total. The SMILES string of the molecule is CC(C)[C@@H]1CN(C(=O)C2(C#N)CC2)C[C@@H]1CF. The van der Waals surface area contributed by atoms with Crippen molar-refractivity contribution in [2.75, 3.05) is 19.8 Å². The molecule has 1 saturated heterocycles. The predicted molar refractivity (Wildman–Crippen MR) is 61.7 cm³/mol. The Hall–Kier alpha value is -1.11. The number of halogens is 1. The quantitative estimate of drug-likeness (QED) is 0.754. The predicted octanol–water partition coefficient (Wildman–Crippen LogP) is 1.99. The van der Waals surface area contributed by atoms with E-state index in [1.807, 2.05) is 0 Å². The Morgan fingerprint density at radius 1 is 1.53 bits per heavy atom. The van der Waals surface area contributed by atoms with Crippen LogP contribution in [0.25, 0.3) is 0 Å². The first kappa shape index (κ1) is 12.3. The first-order valence-electron chi connectivity index (χ1n) is 6.30. The number of carbonyl (C=O) groups excluding carboxylic acids is 1. The summed E-state index contributed by atoms with van der Waals surface area (Å²) in [5.74, 6) is 0.499. The van der Waals surface area contributed by atoms with Crippen LogP contribution in [0.2, 0.25) is 0 Å². The van der Waals surface area contributed by atoms with Crippen molar-refractivity contribution in [3.8, 4) is 6.07 Å². The van der Waals surface area contributed by atoms with E-state index < -0.39 is 5.41 Å². The van der Waals surface area contributed by atoms with Crippen molar-refractivity contribution in [3.63, 3.8) is 0 Å². The number of hydrogen-bond donors (Lipinski definition) is 0. The summed E-state index contributed by atoms with van der Waals surface area (Å²) in [5, 5.41) is 9.01. The molecule has 17 heavy (non-hydrogen) atoms. The molecule has 0 spiro atoms. The van der Waals surface area contributed by atoms with Gasteiger partial charge in [0.2, 0.25) is 5.91 Å². The molecule has 0 aromatic heterocycles. The van der Waals surface area contributed by atoms with E-state index in [1.54, 1.807) is 4.90 Å². The van der Waals surface area contributed by atoms with Crippen LogP contribution in [0.3, 0.4) is 0 Å².